The Morgan fingerprint density at radius 1 is 1.32 bits per heavy atom. The van der Waals surface area contributed by atoms with Crippen LogP contribution in [0, 0.1) is 6.92 Å². The van der Waals surface area contributed by atoms with Gasteiger partial charge in [0.05, 0.1) is 5.69 Å². The van der Waals surface area contributed by atoms with Crippen LogP contribution in [0.2, 0.25) is 0 Å². The van der Waals surface area contributed by atoms with Crippen molar-refractivity contribution in [2.75, 3.05) is 26.3 Å². The highest BCUT2D eigenvalue weighted by molar-refractivity contribution is 14.0. The van der Waals surface area contributed by atoms with E-state index in [-0.39, 0.29) is 24.0 Å². The van der Waals surface area contributed by atoms with Gasteiger partial charge in [-0.05, 0) is 32.4 Å². The van der Waals surface area contributed by atoms with Gasteiger partial charge in [0.25, 0.3) is 0 Å². The molecule has 3 N–H and O–H groups in total. The number of rotatable bonds is 9. The van der Waals surface area contributed by atoms with Crippen LogP contribution in [0.3, 0.4) is 0 Å². The molecule has 1 heterocycles. The van der Waals surface area contributed by atoms with Crippen molar-refractivity contribution in [1.82, 2.24) is 10.3 Å². The highest BCUT2D eigenvalue weighted by Gasteiger charge is 2.06. The Bertz CT molecular complexity index is 641. The number of nitrogens with one attached hydrogen (secondary N) is 1. The molecule has 1 aromatic heterocycles. The summed E-state index contributed by atoms with van der Waals surface area (Å²) >= 11 is 0. The van der Waals surface area contributed by atoms with Crippen molar-refractivity contribution in [3.05, 3.63) is 41.8 Å². The Hall–Kier alpha value is -1.61. The lowest BCUT2D eigenvalue weighted by atomic mass is 10.1. The molecular weight excluding hydrogens is 431 g/mol. The van der Waals surface area contributed by atoms with E-state index in [1.807, 2.05) is 31.2 Å². The second-order valence-corrected chi connectivity index (χ2v) is 5.50. The van der Waals surface area contributed by atoms with E-state index in [4.69, 9.17) is 14.9 Å². The molecule has 6 nitrogen and oxygen atoms in total. The summed E-state index contributed by atoms with van der Waals surface area (Å²) in [6.45, 7) is 6.82. The molecule has 0 aliphatic heterocycles. The van der Waals surface area contributed by atoms with E-state index in [2.05, 4.69) is 22.2 Å². The Labute approximate surface area is 166 Å². The summed E-state index contributed by atoms with van der Waals surface area (Å²) in [4.78, 5) is 8.75. The van der Waals surface area contributed by atoms with Crippen LogP contribution in [-0.4, -0.2) is 37.2 Å². The Morgan fingerprint density at radius 2 is 2.08 bits per heavy atom. The Morgan fingerprint density at radius 3 is 2.80 bits per heavy atom. The third-order valence-corrected chi connectivity index (χ3v) is 3.47. The molecule has 0 spiro atoms. The molecule has 0 aliphatic rings. The first-order valence-corrected chi connectivity index (χ1v) is 8.32. The van der Waals surface area contributed by atoms with Crippen molar-refractivity contribution < 1.29 is 9.15 Å². The van der Waals surface area contributed by atoms with Gasteiger partial charge in [-0.25, -0.2) is 4.98 Å². The van der Waals surface area contributed by atoms with Gasteiger partial charge in [-0.15, -0.1) is 24.0 Å². The molecule has 25 heavy (non-hydrogen) atoms. The van der Waals surface area contributed by atoms with Gasteiger partial charge in [-0.3, -0.25) is 4.99 Å². The Balaban J connectivity index is 0.00000312. The van der Waals surface area contributed by atoms with Crippen molar-refractivity contribution in [2.45, 2.75) is 26.7 Å². The van der Waals surface area contributed by atoms with Crippen molar-refractivity contribution in [3.8, 4) is 11.5 Å². The van der Waals surface area contributed by atoms with Crippen molar-refractivity contribution in [2.24, 2.45) is 10.7 Å². The topological polar surface area (TPSA) is 85.7 Å². The lowest BCUT2D eigenvalue weighted by Gasteiger charge is -2.04. The average Bonchev–Trinajstić information content (AvgIpc) is 3.04. The molecule has 0 aliphatic carbocycles. The van der Waals surface area contributed by atoms with Gasteiger partial charge in [-0.1, -0.05) is 17.7 Å². The molecule has 2 aromatic rings. The molecular formula is C18H27IN4O2. The zero-order chi connectivity index (χ0) is 17.2. The minimum atomic E-state index is 0. The maximum Gasteiger partial charge on any atom is 0.226 e. The quantitative estimate of drug-likeness (QED) is 0.261. The van der Waals surface area contributed by atoms with Gasteiger partial charge >= 0.3 is 0 Å². The highest BCUT2D eigenvalue weighted by atomic mass is 127. The predicted molar refractivity (Wildman–Crippen MR) is 111 cm³/mol. The third-order valence-electron chi connectivity index (χ3n) is 3.47. The van der Waals surface area contributed by atoms with Crippen LogP contribution < -0.4 is 11.1 Å². The zero-order valence-corrected chi connectivity index (χ0v) is 17.2. The summed E-state index contributed by atoms with van der Waals surface area (Å²) in [5, 5.41) is 3.08. The number of aromatic nitrogens is 1. The molecule has 1 aromatic carbocycles. The molecule has 0 atom stereocenters. The van der Waals surface area contributed by atoms with Crippen LogP contribution in [0.1, 0.15) is 24.6 Å². The van der Waals surface area contributed by atoms with Gasteiger partial charge < -0.3 is 20.2 Å². The molecule has 0 saturated carbocycles. The van der Waals surface area contributed by atoms with E-state index in [1.54, 1.807) is 6.26 Å². The SMILES string of the molecule is CCOCCCN=C(N)NCCc1coc(-c2ccc(C)cc2)n1.I. The van der Waals surface area contributed by atoms with E-state index in [1.165, 1.54) is 5.56 Å². The van der Waals surface area contributed by atoms with Gasteiger partial charge in [0, 0.05) is 38.3 Å². The van der Waals surface area contributed by atoms with E-state index < -0.39 is 0 Å². The first-order chi connectivity index (χ1) is 11.7. The number of hydrogen-bond donors (Lipinski definition) is 2. The number of hydrogen-bond acceptors (Lipinski definition) is 4. The lowest BCUT2D eigenvalue weighted by molar-refractivity contribution is 0.146. The molecule has 0 amide bonds. The molecule has 7 heteroatoms. The van der Waals surface area contributed by atoms with E-state index in [9.17, 15) is 0 Å². The fraction of sp³-hybridized carbons (Fsp3) is 0.444. The summed E-state index contributed by atoms with van der Waals surface area (Å²) < 4.78 is 10.8. The number of nitrogens with zero attached hydrogens (tertiary/aromatic N) is 2. The first-order valence-electron chi connectivity index (χ1n) is 8.32. The average molecular weight is 458 g/mol. The fourth-order valence-electron chi connectivity index (χ4n) is 2.14. The van der Waals surface area contributed by atoms with Crippen LogP contribution >= 0.6 is 24.0 Å². The van der Waals surface area contributed by atoms with Crippen molar-refractivity contribution in [3.63, 3.8) is 0 Å². The molecule has 138 valence electrons. The molecule has 0 bridgehead atoms. The largest absolute Gasteiger partial charge is 0.444 e. The molecule has 0 radical (unpaired) electrons. The van der Waals surface area contributed by atoms with E-state index in [0.29, 0.717) is 31.5 Å². The van der Waals surface area contributed by atoms with Crippen LogP contribution in [-0.2, 0) is 11.2 Å². The normalized spacial score (nSPS) is 11.2. The van der Waals surface area contributed by atoms with Gasteiger partial charge in [0.1, 0.15) is 6.26 Å². The monoisotopic (exact) mass is 458 g/mol. The fourth-order valence-corrected chi connectivity index (χ4v) is 2.14. The predicted octanol–water partition coefficient (Wildman–Crippen LogP) is 3.14. The highest BCUT2D eigenvalue weighted by Crippen LogP contribution is 2.19. The number of benzene rings is 1. The molecule has 0 fully saturated rings. The zero-order valence-electron chi connectivity index (χ0n) is 14.8. The minimum Gasteiger partial charge on any atom is -0.444 e. The summed E-state index contributed by atoms with van der Waals surface area (Å²) in [7, 11) is 0. The second-order valence-electron chi connectivity index (χ2n) is 5.50. The van der Waals surface area contributed by atoms with Crippen LogP contribution in [0.5, 0.6) is 0 Å². The third kappa shape index (κ3) is 7.87. The Kier molecular flexibility index (Phi) is 10.2. The number of aliphatic imine (C=N–C) groups is 1. The number of nitrogens with two attached hydrogens (primary N) is 1. The lowest BCUT2D eigenvalue weighted by Crippen LogP contribution is -2.33. The van der Waals surface area contributed by atoms with E-state index >= 15 is 0 Å². The maximum atomic E-state index is 5.82. The number of oxazole rings is 1. The van der Waals surface area contributed by atoms with Crippen molar-refractivity contribution in [1.29, 1.82) is 0 Å². The summed E-state index contributed by atoms with van der Waals surface area (Å²) in [6.07, 6.45) is 3.29. The van der Waals surface area contributed by atoms with Gasteiger partial charge in [0.2, 0.25) is 5.89 Å². The number of aryl methyl sites for hydroxylation is 1. The summed E-state index contributed by atoms with van der Waals surface area (Å²) in [6, 6.07) is 8.11. The molecule has 0 unspecified atom stereocenters. The maximum absolute atomic E-state index is 5.82. The summed E-state index contributed by atoms with van der Waals surface area (Å²) in [5.41, 5.74) is 8.90. The standard InChI is InChI=1S/C18H26N4O2.HI/c1-3-23-12-4-10-20-18(19)21-11-9-16-13-24-17(22-16)15-7-5-14(2)6-8-15;/h5-8,13H,3-4,9-12H2,1-2H3,(H3,19,20,21);1H. The minimum absolute atomic E-state index is 0. The molecule has 2 rings (SSSR count). The summed E-state index contributed by atoms with van der Waals surface area (Å²) in [5.74, 6) is 1.09. The van der Waals surface area contributed by atoms with Crippen LogP contribution in [0.25, 0.3) is 11.5 Å². The van der Waals surface area contributed by atoms with E-state index in [0.717, 1.165) is 30.7 Å². The van der Waals surface area contributed by atoms with Gasteiger partial charge in [-0.2, -0.15) is 0 Å². The van der Waals surface area contributed by atoms with Crippen LogP contribution in [0.15, 0.2) is 39.9 Å². The second kappa shape index (κ2) is 11.9. The first kappa shape index (κ1) is 21.4. The molecule has 0 saturated heterocycles. The number of halogens is 1. The van der Waals surface area contributed by atoms with Gasteiger partial charge in [0.15, 0.2) is 5.96 Å². The smallest absolute Gasteiger partial charge is 0.226 e. The van der Waals surface area contributed by atoms with Crippen molar-refractivity contribution >= 4 is 29.9 Å². The number of guanidine groups is 1. The number of ether oxygens (including phenoxy) is 1. The van der Waals surface area contributed by atoms with Crippen LogP contribution in [0.4, 0.5) is 0 Å².